The Bertz CT molecular complexity index is 325. The number of aromatic nitrogens is 1. The number of hydrogen-bond acceptors (Lipinski definition) is 2. The van der Waals surface area contributed by atoms with Gasteiger partial charge in [0.2, 0.25) is 5.95 Å². The maximum absolute atomic E-state index is 12.8. The van der Waals surface area contributed by atoms with Crippen molar-refractivity contribution in [2.24, 2.45) is 0 Å². The summed E-state index contributed by atoms with van der Waals surface area (Å²) in [7, 11) is 0. The molecule has 0 saturated heterocycles. The Kier molecular flexibility index (Phi) is 2.94. The Balaban J connectivity index is 3.04. The van der Waals surface area contributed by atoms with E-state index in [0.29, 0.717) is 11.3 Å². The monoisotopic (exact) mass is 185 g/mol. The largest absolute Gasteiger partial charge is 0.299 e. The van der Waals surface area contributed by atoms with Crippen molar-refractivity contribution in [2.75, 3.05) is 0 Å². The Labute approximate surface area is 73.7 Å². The number of aldehydes is 1. The van der Waals surface area contributed by atoms with E-state index in [2.05, 4.69) is 4.98 Å². The quantitative estimate of drug-likeness (QED) is 0.401. The third-order valence-corrected chi connectivity index (χ3v) is 1.39. The Morgan fingerprint density at radius 2 is 2.33 bits per heavy atom. The van der Waals surface area contributed by atoms with E-state index in [1.165, 1.54) is 24.4 Å². The maximum atomic E-state index is 12.8. The van der Waals surface area contributed by atoms with Crippen LogP contribution >= 0.6 is 11.6 Å². The third kappa shape index (κ3) is 2.13. The molecule has 0 aliphatic rings. The fourth-order valence-electron chi connectivity index (χ4n) is 0.698. The zero-order valence-corrected chi connectivity index (χ0v) is 6.75. The van der Waals surface area contributed by atoms with Crippen LogP contribution in [0.1, 0.15) is 5.56 Å². The highest BCUT2D eigenvalue weighted by molar-refractivity contribution is 6.30. The minimum absolute atomic E-state index is 0.203. The van der Waals surface area contributed by atoms with Crippen LogP contribution in [0.5, 0.6) is 0 Å². The van der Waals surface area contributed by atoms with Crippen LogP contribution in [0.3, 0.4) is 0 Å². The number of carbonyl (C=O) groups is 1. The maximum Gasteiger partial charge on any atom is 0.220 e. The van der Waals surface area contributed by atoms with Gasteiger partial charge >= 0.3 is 0 Å². The lowest BCUT2D eigenvalue weighted by Crippen LogP contribution is -1.86. The normalized spacial score (nSPS) is 10.5. The Morgan fingerprint density at radius 1 is 1.58 bits per heavy atom. The molecule has 0 aliphatic heterocycles. The fourth-order valence-corrected chi connectivity index (χ4v) is 0.864. The summed E-state index contributed by atoms with van der Waals surface area (Å²) < 4.78 is 12.8. The highest BCUT2D eigenvalue weighted by Gasteiger charge is 1.99. The molecule has 0 bridgehead atoms. The van der Waals surface area contributed by atoms with Gasteiger partial charge in [0.1, 0.15) is 6.29 Å². The molecule has 0 saturated carbocycles. The van der Waals surface area contributed by atoms with Crippen molar-refractivity contribution in [2.45, 2.75) is 0 Å². The average Bonchev–Trinajstić information content (AvgIpc) is 2.07. The van der Waals surface area contributed by atoms with Gasteiger partial charge in [-0.05, 0) is 18.2 Å². The van der Waals surface area contributed by atoms with Gasteiger partial charge in [-0.1, -0.05) is 11.6 Å². The number of rotatable bonds is 2. The molecule has 0 radical (unpaired) electrons. The van der Waals surface area contributed by atoms with Crippen LogP contribution < -0.4 is 0 Å². The summed E-state index contributed by atoms with van der Waals surface area (Å²) in [5, 5.41) is 0.335. The molecular formula is C8H5ClFNO. The lowest BCUT2D eigenvalue weighted by molar-refractivity contribution is -0.104. The van der Waals surface area contributed by atoms with Crippen LogP contribution in [-0.2, 0) is 4.79 Å². The van der Waals surface area contributed by atoms with Gasteiger partial charge in [0.25, 0.3) is 0 Å². The highest BCUT2D eigenvalue weighted by atomic mass is 35.5. The summed E-state index contributed by atoms with van der Waals surface area (Å²) in [5.41, 5.74) is 0.203. The second-order valence-corrected chi connectivity index (χ2v) is 2.47. The van der Waals surface area contributed by atoms with Gasteiger partial charge in [-0.3, -0.25) is 4.79 Å². The number of halogens is 2. The van der Waals surface area contributed by atoms with Crippen LogP contribution in [0.2, 0.25) is 5.02 Å². The smallest absolute Gasteiger partial charge is 0.220 e. The number of nitrogens with zero attached hydrogens (tertiary/aromatic N) is 1. The van der Waals surface area contributed by atoms with Gasteiger partial charge in [0.15, 0.2) is 0 Å². The summed E-state index contributed by atoms with van der Waals surface area (Å²) in [4.78, 5) is 13.3. The Morgan fingerprint density at radius 3 is 3.00 bits per heavy atom. The molecule has 2 nitrogen and oxygen atoms in total. The first kappa shape index (κ1) is 8.87. The van der Waals surface area contributed by atoms with E-state index in [-0.39, 0.29) is 5.56 Å². The molecule has 0 amide bonds. The SMILES string of the molecule is O=CC=Cc1cc(Cl)cnc1F. The number of pyridine rings is 1. The van der Waals surface area contributed by atoms with Crippen LogP contribution in [0, 0.1) is 5.95 Å². The molecule has 1 aromatic heterocycles. The lowest BCUT2D eigenvalue weighted by Gasteiger charge is -1.94. The van der Waals surface area contributed by atoms with E-state index in [0.717, 1.165) is 0 Å². The van der Waals surface area contributed by atoms with Gasteiger partial charge < -0.3 is 0 Å². The predicted molar refractivity (Wildman–Crippen MR) is 44.3 cm³/mol. The van der Waals surface area contributed by atoms with Crippen molar-refractivity contribution >= 4 is 24.0 Å². The van der Waals surface area contributed by atoms with E-state index in [1.54, 1.807) is 0 Å². The summed E-state index contributed by atoms with van der Waals surface area (Å²) in [6.45, 7) is 0. The van der Waals surface area contributed by atoms with Crippen molar-refractivity contribution in [3.05, 3.63) is 34.9 Å². The van der Waals surface area contributed by atoms with Crippen molar-refractivity contribution in [3.63, 3.8) is 0 Å². The zero-order chi connectivity index (χ0) is 8.97. The topological polar surface area (TPSA) is 30.0 Å². The molecule has 62 valence electrons. The van der Waals surface area contributed by atoms with Crippen molar-refractivity contribution in [1.29, 1.82) is 0 Å². The Hall–Kier alpha value is -1.22. The molecule has 4 heteroatoms. The van der Waals surface area contributed by atoms with Crippen molar-refractivity contribution in [3.8, 4) is 0 Å². The summed E-state index contributed by atoms with van der Waals surface area (Å²) >= 11 is 5.54. The first-order valence-corrected chi connectivity index (χ1v) is 3.54. The van der Waals surface area contributed by atoms with Gasteiger partial charge in [0, 0.05) is 11.8 Å². The van der Waals surface area contributed by atoms with Crippen LogP contribution in [0.4, 0.5) is 4.39 Å². The standard InChI is InChI=1S/C8H5ClFNO/c9-7-4-6(2-1-3-12)8(10)11-5-7/h1-5H. The molecule has 1 heterocycles. The number of allylic oxidation sites excluding steroid dienone is 1. The summed E-state index contributed by atoms with van der Waals surface area (Å²) in [6.07, 6.45) is 4.24. The zero-order valence-electron chi connectivity index (χ0n) is 6.00. The summed E-state index contributed by atoms with van der Waals surface area (Å²) in [5.74, 6) is -0.641. The molecule has 0 unspecified atom stereocenters. The molecule has 0 atom stereocenters. The molecule has 0 fully saturated rings. The predicted octanol–water partition coefficient (Wildman–Crippen LogP) is 2.09. The molecule has 1 aromatic rings. The second kappa shape index (κ2) is 3.97. The minimum atomic E-state index is -0.641. The second-order valence-electron chi connectivity index (χ2n) is 2.03. The van der Waals surface area contributed by atoms with E-state index in [4.69, 9.17) is 11.6 Å². The van der Waals surface area contributed by atoms with Crippen LogP contribution in [0.15, 0.2) is 18.3 Å². The van der Waals surface area contributed by atoms with E-state index in [9.17, 15) is 9.18 Å². The van der Waals surface area contributed by atoms with E-state index >= 15 is 0 Å². The first-order valence-electron chi connectivity index (χ1n) is 3.17. The average molecular weight is 186 g/mol. The van der Waals surface area contributed by atoms with E-state index in [1.807, 2.05) is 0 Å². The van der Waals surface area contributed by atoms with Gasteiger partial charge in [0.05, 0.1) is 5.02 Å². The van der Waals surface area contributed by atoms with Gasteiger partial charge in [-0.25, -0.2) is 4.98 Å². The molecule has 12 heavy (non-hydrogen) atoms. The lowest BCUT2D eigenvalue weighted by atomic mass is 10.2. The highest BCUT2D eigenvalue weighted by Crippen LogP contribution is 2.12. The first-order chi connectivity index (χ1) is 5.74. The molecule has 0 spiro atoms. The molecule has 0 aliphatic carbocycles. The molecule has 1 rings (SSSR count). The van der Waals surface area contributed by atoms with Gasteiger partial charge in [-0.15, -0.1) is 0 Å². The number of hydrogen-bond donors (Lipinski definition) is 0. The van der Waals surface area contributed by atoms with Crippen LogP contribution in [0.25, 0.3) is 6.08 Å². The van der Waals surface area contributed by atoms with Crippen molar-refractivity contribution in [1.82, 2.24) is 4.98 Å². The van der Waals surface area contributed by atoms with E-state index < -0.39 is 5.95 Å². The number of carbonyl (C=O) groups excluding carboxylic acids is 1. The van der Waals surface area contributed by atoms with Crippen molar-refractivity contribution < 1.29 is 9.18 Å². The minimum Gasteiger partial charge on any atom is -0.299 e. The van der Waals surface area contributed by atoms with Gasteiger partial charge in [-0.2, -0.15) is 4.39 Å². The van der Waals surface area contributed by atoms with Crippen LogP contribution in [-0.4, -0.2) is 11.3 Å². The molecular weight excluding hydrogens is 181 g/mol. The third-order valence-electron chi connectivity index (χ3n) is 1.19. The molecule has 0 aromatic carbocycles. The summed E-state index contributed by atoms with van der Waals surface area (Å²) in [6, 6.07) is 1.39. The molecule has 0 N–H and O–H groups in total. The fraction of sp³-hybridized carbons (Fsp3) is 0.